The van der Waals surface area contributed by atoms with Crippen LogP contribution in [0.5, 0.6) is 0 Å². The Kier molecular flexibility index (Phi) is 4.86. The van der Waals surface area contributed by atoms with Gasteiger partial charge in [0.25, 0.3) is 5.91 Å². The number of carbonyl (C=O) groups is 1. The van der Waals surface area contributed by atoms with Crippen molar-refractivity contribution < 1.29 is 9.18 Å². The standard InChI is InChI=1S/C24H19FN6O2/c1-14-11-18(15-3-6-17(25)7-4-15)23(30(14)2)19-8-9-21-27-20(13-31(21)29-19)28-24(33)16-5-10-22(32)26-12-16/h3-13H,1-2H3,(H,26,32)(H,28,33). The smallest absolute Gasteiger partial charge is 0.258 e. The van der Waals surface area contributed by atoms with Gasteiger partial charge >= 0.3 is 0 Å². The first-order valence-corrected chi connectivity index (χ1v) is 10.2. The quantitative estimate of drug-likeness (QED) is 0.443. The predicted octanol–water partition coefficient (Wildman–Crippen LogP) is 3.79. The van der Waals surface area contributed by atoms with Gasteiger partial charge in [-0.15, -0.1) is 0 Å². The molecule has 0 radical (unpaired) electrons. The number of imidazole rings is 1. The number of fused-ring (bicyclic) bond motifs is 1. The summed E-state index contributed by atoms with van der Waals surface area (Å²) in [5, 5.41) is 7.41. The van der Waals surface area contributed by atoms with Gasteiger partial charge in [-0.25, -0.2) is 13.9 Å². The van der Waals surface area contributed by atoms with Crippen molar-refractivity contribution in [2.45, 2.75) is 6.92 Å². The number of carbonyl (C=O) groups excluding carboxylic acids is 1. The van der Waals surface area contributed by atoms with Gasteiger partial charge in [0.15, 0.2) is 11.5 Å². The molecule has 9 heteroatoms. The molecule has 5 rings (SSSR count). The van der Waals surface area contributed by atoms with E-state index >= 15 is 0 Å². The number of hydrogen-bond donors (Lipinski definition) is 2. The van der Waals surface area contributed by atoms with Gasteiger partial charge in [0.2, 0.25) is 5.56 Å². The molecule has 0 aliphatic heterocycles. The molecule has 0 atom stereocenters. The van der Waals surface area contributed by atoms with Crippen LogP contribution in [0.3, 0.4) is 0 Å². The monoisotopic (exact) mass is 442 g/mol. The van der Waals surface area contributed by atoms with E-state index in [1.807, 2.05) is 36.7 Å². The Hall–Kier alpha value is -4.53. The zero-order valence-electron chi connectivity index (χ0n) is 17.8. The van der Waals surface area contributed by atoms with E-state index < -0.39 is 5.91 Å². The van der Waals surface area contributed by atoms with Gasteiger partial charge in [-0.2, -0.15) is 5.10 Å². The summed E-state index contributed by atoms with van der Waals surface area (Å²) in [5.74, 6) is -0.355. The molecule has 0 bridgehead atoms. The molecule has 5 aromatic rings. The van der Waals surface area contributed by atoms with Gasteiger partial charge in [0, 0.05) is 30.6 Å². The molecule has 1 amide bonds. The van der Waals surface area contributed by atoms with Gasteiger partial charge in [0.1, 0.15) is 11.5 Å². The second-order valence-corrected chi connectivity index (χ2v) is 7.66. The van der Waals surface area contributed by atoms with E-state index in [1.54, 1.807) is 22.8 Å². The molecule has 33 heavy (non-hydrogen) atoms. The number of hydrogen-bond acceptors (Lipinski definition) is 4. The van der Waals surface area contributed by atoms with E-state index in [-0.39, 0.29) is 11.4 Å². The Bertz CT molecular complexity index is 1540. The van der Waals surface area contributed by atoms with Crippen LogP contribution in [0.1, 0.15) is 16.1 Å². The normalized spacial score (nSPS) is 11.1. The van der Waals surface area contributed by atoms with E-state index in [0.29, 0.717) is 22.7 Å². The van der Waals surface area contributed by atoms with Crippen molar-refractivity contribution in [3.63, 3.8) is 0 Å². The number of nitrogens with one attached hydrogen (secondary N) is 2. The van der Waals surface area contributed by atoms with Crippen molar-refractivity contribution in [2.24, 2.45) is 7.05 Å². The third kappa shape index (κ3) is 3.80. The number of aromatic nitrogens is 5. The molecule has 164 valence electrons. The first kappa shape index (κ1) is 20.4. The highest BCUT2D eigenvalue weighted by molar-refractivity contribution is 6.03. The number of nitrogens with zero attached hydrogens (tertiary/aromatic N) is 4. The molecule has 0 saturated heterocycles. The van der Waals surface area contributed by atoms with Crippen LogP contribution in [0.15, 0.2) is 71.8 Å². The Morgan fingerprint density at radius 3 is 2.61 bits per heavy atom. The van der Waals surface area contributed by atoms with Gasteiger partial charge in [-0.1, -0.05) is 12.1 Å². The summed E-state index contributed by atoms with van der Waals surface area (Å²) >= 11 is 0. The number of aryl methyl sites for hydroxylation is 1. The fraction of sp³-hybridized carbons (Fsp3) is 0.0833. The number of anilines is 1. The molecule has 0 fully saturated rings. The fourth-order valence-corrected chi connectivity index (χ4v) is 3.70. The van der Waals surface area contributed by atoms with Crippen LogP contribution in [-0.2, 0) is 7.05 Å². The lowest BCUT2D eigenvalue weighted by atomic mass is 10.0. The molecule has 0 aliphatic rings. The number of H-pyrrole nitrogens is 1. The van der Waals surface area contributed by atoms with E-state index in [9.17, 15) is 14.0 Å². The van der Waals surface area contributed by atoms with E-state index in [4.69, 9.17) is 5.10 Å². The molecule has 0 unspecified atom stereocenters. The average Bonchev–Trinajstić information content (AvgIpc) is 3.34. The fourth-order valence-electron chi connectivity index (χ4n) is 3.70. The lowest BCUT2D eigenvalue weighted by Gasteiger charge is -2.09. The maximum Gasteiger partial charge on any atom is 0.258 e. The Morgan fingerprint density at radius 2 is 1.88 bits per heavy atom. The molecule has 4 aromatic heterocycles. The van der Waals surface area contributed by atoms with Crippen LogP contribution in [0.25, 0.3) is 28.2 Å². The summed E-state index contributed by atoms with van der Waals surface area (Å²) in [6.07, 6.45) is 2.97. The number of rotatable bonds is 4. The Morgan fingerprint density at radius 1 is 1.09 bits per heavy atom. The Labute approximate surface area is 187 Å². The first-order valence-electron chi connectivity index (χ1n) is 10.2. The molecular formula is C24H19FN6O2. The van der Waals surface area contributed by atoms with Crippen LogP contribution >= 0.6 is 0 Å². The van der Waals surface area contributed by atoms with Crippen molar-refractivity contribution in [3.05, 3.63) is 94.4 Å². The van der Waals surface area contributed by atoms with Crippen LogP contribution in [0.4, 0.5) is 10.2 Å². The van der Waals surface area contributed by atoms with Crippen molar-refractivity contribution in [3.8, 4) is 22.5 Å². The number of halogens is 1. The van der Waals surface area contributed by atoms with Crippen LogP contribution in [0.2, 0.25) is 0 Å². The van der Waals surface area contributed by atoms with Crippen molar-refractivity contribution >= 4 is 17.4 Å². The van der Waals surface area contributed by atoms with Gasteiger partial charge in [0.05, 0.1) is 17.5 Å². The zero-order chi connectivity index (χ0) is 23.1. The summed E-state index contributed by atoms with van der Waals surface area (Å²) in [4.78, 5) is 30.5. The number of amides is 1. The van der Waals surface area contributed by atoms with Gasteiger partial charge in [-0.3, -0.25) is 9.59 Å². The first-order chi connectivity index (χ1) is 15.9. The number of aromatic amines is 1. The van der Waals surface area contributed by atoms with Crippen LogP contribution in [-0.4, -0.2) is 30.1 Å². The van der Waals surface area contributed by atoms with E-state index in [0.717, 1.165) is 22.5 Å². The highest BCUT2D eigenvalue weighted by Gasteiger charge is 2.17. The molecule has 1 aromatic carbocycles. The molecule has 0 aliphatic carbocycles. The van der Waals surface area contributed by atoms with Crippen molar-refractivity contribution in [2.75, 3.05) is 5.32 Å². The van der Waals surface area contributed by atoms with Crippen LogP contribution < -0.4 is 10.9 Å². The summed E-state index contributed by atoms with van der Waals surface area (Å²) in [7, 11) is 1.95. The highest BCUT2D eigenvalue weighted by Crippen LogP contribution is 2.33. The number of benzene rings is 1. The van der Waals surface area contributed by atoms with Crippen molar-refractivity contribution in [1.29, 1.82) is 0 Å². The molecule has 4 heterocycles. The molecule has 0 spiro atoms. The van der Waals surface area contributed by atoms with E-state index in [1.165, 1.54) is 30.5 Å². The summed E-state index contributed by atoms with van der Waals surface area (Å²) in [6, 6.07) is 14.8. The minimum atomic E-state index is -0.397. The van der Waals surface area contributed by atoms with E-state index in [2.05, 4.69) is 15.3 Å². The third-order valence-electron chi connectivity index (χ3n) is 5.48. The SMILES string of the molecule is Cc1cc(-c2ccc(F)cc2)c(-c2ccc3nc(NC(=O)c4ccc(=O)[nH]c4)cn3n2)n1C. The van der Waals surface area contributed by atoms with Crippen molar-refractivity contribution in [1.82, 2.24) is 24.1 Å². The minimum Gasteiger partial charge on any atom is -0.346 e. The summed E-state index contributed by atoms with van der Waals surface area (Å²) in [5.41, 5.74) is 5.03. The van der Waals surface area contributed by atoms with Gasteiger partial charge < -0.3 is 14.9 Å². The maximum absolute atomic E-state index is 13.4. The molecule has 8 nitrogen and oxygen atoms in total. The maximum atomic E-state index is 13.4. The average molecular weight is 442 g/mol. The Balaban J connectivity index is 1.51. The number of pyridine rings is 1. The third-order valence-corrected chi connectivity index (χ3v) is 5.48. The second-order valence-electron chi connectivity index (χ2n) is 7.66. The largest absolute Gasteiger partial charge is 0.346 e. The molecule has 2 N–H and O–H groups in total. The molecule has 0 saturated carbocycles. The lowest BCUT2D eigenvalue weighted by molar-refractivity contribution is 0.102. The lowest BCUT2D eigenvalue weighted by Crippen LogP contribution is -2.14. The molecular weight excluding hydrogens is 423 g/mol. The zero-order valence-corrected chi connectivity index (χ0v) is 17.8. The second kappa shape index (κ2) is 7.86. The summed E-state index contributed by atoms with van der Waals surface area (Å²) in [6.45, 7) is 2.00. The van der Waals surface area contributed by atoms with Crippen LogP contribution in [0, 0.1) is 12.7 Å². The minimum absolute atomic E-state index is 0.285. The topological polar surface area (TPSA) is 97.1 Å². The highest BCUT2D eigenvalue weighted by atomic mass is 19.1. The van der Waals surface area contributed by atoms with Gasteiger partial charge in [-0.05, 0) is 48.9 Å². The predicted molar refractivity (Wildman–Crippen MR) is 123 cm³/mol. The summed E-state index contributed by atoms with van der Waals surface area (Å²) < 4.78 is 17.1.